The van der Waals surface area contributed by atoms with Gasteiger partial charge in [-0.25, -0.2) is 4.79 Å². The van der Waals surface area contributed by atoms with E-state index in [9.17, 15) is 9.59 Å². The van der Waals surface area contributed by atoms with Crippen LogP contribution in [0.4, 0.5) is 4.79 Å². The number of amides is 3. The first-order valence-corrected chi connectivity index (χ1v) is 14.2. The molecule has 2 saturated heterocycles. The second-order valence-corrected chi connectivity index (χ2v) is 11.1. The molecule has 1 aromatic rings. The third-order valence-electron chi connectivity index (χ3n) is 8.36. The molecule has 6 heteroatoms. The standard InChI is InChI=1S/C29H46N4O2/c34-28(23-26-14-20-33(21-15-26)29(35)31-27-10-5-2-6-11-27)30-16-7-17-32-18-12-25(13-19-32)22-24-8-3-1-4-9-24/h1,3-4,8-9,25-27H,2,5-7,10-23H2,(H,30,34)(H,31,35). The van der Waals surface area contributed by atoms with Crippen molar-refractivity contribution in [2.24, 2.45) is 11.8 Å². The van der Waals surface area contributed by atoms with Gasteiger partial charge in [0.05, 0.1) is 0 Å². The van der Waals surface area contributed by atoms with Crippen LogP contribution in [0.1, 0.15) is 76.2 Å². The lowest BCUT2D eigenvalue weighted by molar-refractivity contribution is -0.122. The average Bonchev–Trinajstić information content (AvgIpc) is 2.89. The van der Waals surface area contributed by atoms with Crippen molar-refractivity contribution in [2.45, 2.75) is 83.1 Å². The number of urea groups is 1. The molecule has 4 rings (SSSR count). The van der Waals surface area contributed by atoms with Gasteiger partial charge in [0.25, 0.3) is 0 Å². The quantitative estimate of drug-likeness (QED) is 0.506. The Morgan fingerprint density at radius 1 is 0.829 bits per heavy atom. The number of carbonyl (C=O) groups is 2. The lowest BCUT2D eigenvalue weighted by Gasteiger charge is -2.33. The molecule has 2 aliphatic heterocycles. The normalized spacial score (nSPS) is 21.1. The van der Waals surface area contributed by atoms with Crippen LogP contribution in [0.25, 0.3) is 0 Å². The lowest BCUT2D eigenvalue weighted by Crippen LogP contribution is -2.48. The molecule has 0 bridgehead atoms. The number of likely N-dealkylation sites (tertiary alicyclic amines) is 2. The molecule has 1 aliphatic carbocycles. The van der Waals surface area contributed by atoms with Gasteiger partial charge < -0.3 is 20.4 Å². The zero-order chi connectivity index (χ0) is 24.3. The molecular formula is C29H46N4O2. The summed E-state index contributed by atoms with van der Waals surface area (Å²) in [6, 6.07) is 11.3. The molecule has 2 N–H and O–H groups in total. The lowest BCUT2D eigenvalue weighted by atomic mass is 9.90. The Labute approximate surface area is 212 Å². The van der Waals surface area contributed by atoms with Gasteiger partial charge in [-0.1, -0.05) is 49.6 Å². The molecule has 2 heterocycles. The third kappa shape index (κ3) is 8.82. The van der Waals surface area contributed by atoms with Crippen LogP contribution in [0.2, 0.25) is 0 Å². The van der Waals surface area contributed by atoms with Crippen molar-refractivity contribution >= 4 is 11.9 Å². The van der Waals surface area contributed by atoms with Gasteiger partial charge in [-0.05, 0) is 88.4 Å². The van der Waals surface area contributed by atoms with Crippen LogP contribution in [0.3, 0.4) is 0 Å². The number of piperidine rings is 2. The molecular weight excluding hydrogens is 436 g/mol. The molecule has 0 aromatic heterocycles. The van der Waals surface area contributed by atoms with Gasteiger partial charge in [0.15, 0.2) is 0 Å². The van der Waals surface area contributed by atoms with Crippen molar-refractivity contribution in [3.05, 3.63) is 35.9 Å². The largest absolute Gasteiger partial charge is 0.356 e. The van der Waals surface area contributed by atoms with Crippen LogP contribution in [-0.4, -0.2) is 67.0 Å². The van der Waals surface area contributed by atoms with Crippen LogP contribution in [0.5, 0.6) is 0 Å². The maximum absolute atomic E-state index is 12.5. The molecule has 194 valence electrons. The predicted octanol–water partition coefficient (Wildman–Crippen LogP) is 4.59. The maximum Gasteiger partial charge on any atom is 0.317 e. The van der Waals surface area contributed by atoms with Gasteiger partial charge in [-0.2, -0.15) is 0 Å². The zero-order valence-corrected chi connectivity index (χ0v) is 21.6. The van der Waals surface area contributed by atoms with Crippen LogP contribution >= 0.6 is 0 Å². The van der Waals surface area contributed by atoms with Crippen molar-refractivity contribution in [3.63, 3.8) is 0 Å². The second-order valence-electron chi connectivity index (χ2n) is 11.1. The van der Waals surface area contributed by atoms with E-state index in [4.69, 9.17) is 0 Å². The van der Waals surface area contributed by atoms with E-state index in [-0.39, 0.29) is 11.9 Å². The van der Waals surface area contributed by atoms with Crippen molar-refractivity contribution < 1.29 is 9.59 Å². The zero-order valence-electron chi connectivity index (χ0n) is 21.6. The summed E-state index contributed by atoms with van der Waals surface area (Å²) >= 11 is 0. The highest BCUT2D eigenvalue weighted by molar-refractivity contribution is 5.76. The number of carbonyl (C=O) groups excluding carboxylic acids is 2. The Balaban J connectivity index is 1.02. The highest BCUT2D eigenvalue weighted by Gasteiger charge is 2.26. The Morgan fingerprint density at radius 3 is 2.23 bits per heavy atom. The van der Waals surface area contributed by atoms with E-state index in [0.717, 1.165) is 64.2 Å². The summed E-state index contributed by atoms with van der Waals surface area (Å²) in [5.41, 5.74) is 1.46. The van der Waals surface area contributed by atoms with Crippen molar-refractivity contribution in [1.29, 1.82) is 0 Å². The fourth-order valence-corrected chi connectivity index (χ4v) is 6.08. The molecule has 35 heavy (non-hydrogen) atoms. The minimum absolute atomic E-state index is 0.101. The molecule has 3 fully saturated rings. The number of benzene rings is 1. The van der Waals surface area contributed by atoms with Gasteiger partial charge in [0.1, 0.15) is 0 Å². The summed E-state index contributed by atoms with van der Waals surface area (Å²) in [5, 5.41) is 6.36. The van der Waals surface area contributed by atoms with Gasteiger partial charge >= 0.3 is 6.03 Å². The Bertz CT molecular complexity index is 764. The Kier molecular flexibility index (Phi) is 10.3. The molecule has 6 nitrogen and oxygen atoms in total. The van der Waals surface area contributed by atoms with E-state index in [1.165, 1.54) is 57.2 Å². The van der Waals surface area contributed by atoms with Crippen molar-refractivity contribution in [1.82, 2.24) is 20.4 Å². The monoisotopic (exact) mass is 482 g/mol. The van der Waals surface area contributed by atoms with Gasteiger partial charge in [0, 0.05) is 32.1 Å². The smallest absolute Gasteiger partial charge is 0.317 e. The predicted molar refractivity (Wildman–Crippen MR) is 141 cm³/mol. The fourth-order valence-electron chi connectivity index (χ4n) is 6.08. The van der Waals surface area contributed by atoms with Crippen LogP contribution in [-0.2, 0) is 11.2 Å². The number of nitrogens with one attached hydrogen (secondary N) is 2. The first-order valence-electron chi connectivity index (χ1n) is 14.2. The minimum Gasteiger partial charge on any atom is -0.356 e. The van der Waals surface area contributed by atoms with Crippen molar-refractivity contribution in [2.75, 3.05) is 39.3 Å². The highest BCUT2D eigenvalue weighted by Crippen LogP contribution is 2.23. The molecule has 1 saturated carbocycles. The first kappa shape index (κ1) is 26.0. The fraction of sp³-hybridized carbons (Fsp3) is 0.724. The molecule has 3 amide bonds. The molecule has 3 aliphatic rings. The van der Waals surface area contributed by atoms with Crippen LogP contribution in [0.15, 0.2) is 30.3 Å². The topological polar surface area (TPSA) is 64.7 Å². The number of rotatable bonds is 9. The SMILES string of the molecule is O=C(CC1CCN(C(=O)NC2CCCCC2)CC1)NCCCN1CCC(Cc2ccccc2)CC1. The summed E-state index contributed by atoms with van der Waals surface area (Å²) in [5.74, 6) is 1.38. The molecule has 0 atom stereocenters. The second kappa shape index (κ2) is 13.9. The van der Waals surface area contributed by atoms with E-state index < -0.39 is 0 Å². The third-order valence-corrected chi connectivity index (χ3v) is 8.36. The molecule has 0 radical (unpaired) electrons. The molecule has 0 spiro atoms. The number of nitrogens with zero attached hydrogens (tertiary/aromatic N) is 2. The summed E-state index contributed by atoms with van der Waals surface area (Å²) in [4.78, 5) is 29.5. The van der Waals surface area contributed by atoms with Gasteiger partial charge in [-0.3, -0.25) is 4.79 Å². The number of hydrogen-bond acceptors (Lipinski definition) is 3. The Hall–Kier alpha value is -2.08. The first-order chi connectivity index (χ1) is 17.2. The Morgan fingerprint density at radius 2 is 1.51 bits per heavy atom. The summed E-state index contributed by atoms with van der Waals surface area (Å²) < 4.78 is 0. The van der Waals surface area contributed by atoms with E-state index in [1.807, 2.05) is 4.90 Å². The maximum atomic E-state index is 12.5. The van der Waals surface area contributed by atoms with E-state index in [2.05, 4.69) is 45.9 Å². The van der Waals surface area contributed by atoms with E-state index in [0.29, 0.717) is 18.4 Å². The number of hydrogen-bond donors (Lipinski definition) is 2. The van der Waals surface area contributed by atoms with E-state index in [1.54, 1.807) is 0 Å². The molecule has 0 unspecified atom stereocenters. The van der Waals surface area contributed by atoms with Crippen LogP contribution in [0, 0.1) is 11.8 Å². The van der Waals surface area contributed by atoms with Crippen LogP contribution < -0.4 is 10.6 Å². The summed E-state index contributed by atoms with van der Waals surface area (Å²) in [6.07, 6.45) is 13.2. The minimum atomic E-state index is 0.101. The summed E-state index contributed by atoms with van der Waals surface area (Å²) in [6.45, 7) is 5.75. The summed E-state index contributed by atoms with van der Waals surface area (Å²) in [7, 11) is 0. The van der Waals surface area contributed by atoms with Gasteiger partial charge in [-0.15, -0.1) is 0 Å². The molecule has 1 aromatic carbocycles. The average molecular weight is 483 g/mol. The van der Waals surface area contributed by atoms with Crippen molar-refractivity contribution in [3.8, 4) is 0 Å². The highest BCUT2D eigenvalue weighted by atomic mass is 16.2. The van der Waals surface area contributed by atoms with E-state index >= 15 is 0 Å². The van der Waals surface area contributed by atoms with Gasteiger partial charge in [0.2, 0.25) is 5.91 Å².